The van der Waals surface area contributed by atoms with Crippen molar-refractivity contribution in [2.75, 3.05) is 6.61 Å². The fraction of sp³-hybridized carbons (Fsp3) is 0.400. The molecule has 0 saturated carbocycles. The standard InChI is InChI=1S/C10H11F3N2O2/c1-3-17-9(16)7(2)6-15-5-4-8(14-15)10(11,12)13/h4-5H,2-3,6H2,1H3. The van der Waals surface area contributed by atoms with Crippen LogP contribution in [0.1, 0.15) is 12.6 Å². The molecule has 0 aliphatic rings. The van der Waals surface area contributed by atoms with E-state index in [0.29, 0.717) is 0 Å². The van der Waals surface area contributed by atoms with Gasteiger partial charge < -0.3 is 4.74 Å². The van der Waals surface area contributed by atoms with Crippen LogP contribution in [0.3, 0.4) is 0 Å². The Morgan fingerprint density at radius 3 is 2.71 bits per heavy atom. The van der Waals surface area contributed by atoms with Gasteiger partial charge in [0.25, 0.3) is 0 Å². The predicted molar refractivity (Wildman–Crippen MR) is 53.0 cm³/mol. The first-order valence-electron chi connectivity index (χ1n) is 4.80. The lowest BCUT2D eigenvalue weighted by atomic mass is 10.3. The minimum Gasteiger partial charge on any atom is -0.463 e. The van der Waals surface area contributed by atoms with Crippen molar-refractivity contribution < 1.29 is 22.7 Å². The SMILES string of the molecule is C=C(Cn1ccc(C(F)(F)F)n1)C(=O)OCC. The fourth-order valence-corrected chi connectivity index (χ4v) is 1.09. The topological polar surface area (TPSA) is 44.1 Å². The number of esters is 1. The van der Waals surface area contributed by atoms with E-state index in [9.17, 15) is 18.0 Å². The van der Waals surface area contributed by atoms with Crippen LogP contribution in [0.25, 0.3) is 0 Å². The van der Waals surface area contributed by atoms with Gasteiger partial charge in [0.15, 0.2) is 5.69 Å². The zero-order valence-corrected chi connectivity index (χ0v) is 9.12. The summed E-state index contributed by atoms with van der Waals surface area (Å²) in [7, 11) is 0. The van der Waals surface area contributed by atoms with Crippen molar-refractivity contribution in [2.24, 2.45) is 0 Å². The number of carbonyl (C=O) groups excluding carboxylic acids is 1. The van der Waals surface area contributed by atoms with Crippen LogP contribution in [0.15, 0.2) is 24.4 Å². The number of ether oxygens (including phenoxy) is 1. The van der Waals surface area contributed by atoms with Gasteiger partial charge in [-0.3, -0.25) is 4.68 Å². The molecule has 1 aromatic rings. The number of carbonyl (C=O) groups is 1. The normalized spacial score (nSPS) is 11.3. The Hall–Kier alpha value is -1.79. The predicted octanol–water partition coefficient (Wildman–Crippen LogP) is 2.02. The summed E-state index contributed by atoms with van der Waals surface area (Å²) in [5.41, 5.74) is -0.960. The molecule has 0 spiro atoms. The second-order valence-electron chi connectivity index (χ2n) is 3.22. The summed E-state index contributed by atoms with van der Waals surface area (Å²) in [5, 5.41) is 3.29. The third kappa shape index (κ3) is 3.61. The van der Waals surface area contributed by atoms with Crippen molar-refractivity contribution in [2.45, 2.75) is 19.6 Å². The molecular weight excluding hydrogens is 237 g/mol. The number of halogens is 3. The van der Waals surface area contributed by atoms with Crippen LogP contribution in [-0.2, 0) is 22.3 Å². The maximum absolute atomic E-state index is 12.2. The second-order valence-corrected chi connectivity index (χ2v) is 3.22. The first-order valence-corrected chi connectivity index (χ1v) is 4.80. The molecule has 7 heteroatoms. The van der Waals surface area contributed by atoms with Crippen molar-refractivity contribution >= 4 is 5.97 Å². The number of alkyl halides is 3. The molecule has 0 saturated heterocycles. The van der Waals surface area contributed by atoms with E-state index in [4.69, 9.17) is 0 Å². The summed E-state index contributed by atoms with van der Waals surface area (Å²) in [6, 6.07) is 0.832. The van der Waals surface area contributed by atoms with Gasteiger partial charge in [-0.05, 0) is 13.0 Å². The van der Waals surface area contributed by atoms with Crippen molar-refractivity contribution in [3.8, 4) is 0 Å². The Kier molecular flexibility index (Phi) is 3.93. The van der Waals surface area contributed by atoms with Gasteiger partial charge >= 0.3 is 12.1 Å². The maximum atomic E-state index is 12.2. The van der Waals surface area contributed by atoms with E-state index in [0.717, 1.165) is 16.9 Å². The lowest BCUT2D eigenvalue weighted by molar-refractivity contribution is -0.141. The number of hydrogen-bond acceptors (Lipinski definition) is 3. The van der Waals surface area contributed by atoms with Gasteiger partial charge in [-0.2, -0.15) is 18.3 Å². The van der Waals surface area contributed by atoms with E-state index in [-0.39, 0.29) is 18.7 Å². The van der Waals surface area contributed by atoms with E-state index in [1.54, 1.807) is 6.92 Å². The second kappa shape index (κ2) is 5.03. The Morgan fingerprint density at radius 2 is 2.24 bits per heavy atom. The van der Waals surface area contributed by atoms with Crippen LogP contribution in [-0.4, -0.2) is 22.4 Å². The van der Waals surface area contributed by atoms with E-state index >= 15 is 0 Å². The smallest absolute Gasteiger partial charge is 0.435 e. The molecule has 0 bridgehead atoms. The summed E-state index contributed by atoms with van der Waals surface area (Å²) >= 11 is 0. The lowest BCUT2D eigenvalue weighted by Gasteiger charge is -2.05. The Bertz CT molecular complexity index is 423. The van der Waals surface area contributed by atoms with Gasteiger partial charge in [-0.15, -0.1) is 0 Å². The molecule has 0 radical (unpaired) electrons. The van der Waals surface area contributed by atoms with Crippen molar-refractivity contribution in [1.29, 1.82) is 0 Å². The largest absolute Gasteiger partial charge is 0.463 e. The average molecular weight is 248 g/mol. The van der Waals surface area contributed by atoms with Crippen LogP contribution in [0.2, 0.25) is 0 Å². The number of nitrogens with zero attached hydrogens (tertiary/aromatic N) is 2. The van der Waals surface area contributed by atoms with E-state index in [2.05, 4.69) is 16.4 Å². The minimum absolute atomic E-state index is 0.0451. The van der Waals surface area contributed by atoms with E-state index < -0.39 is 17.8 Å². The quantitative estimate of drug-likeness (QED) is 0.604. The third-order valence-corrected chi connectivity index (χ3v) is 1.85. The molecule has 0 atom stereocenters. The molecule has 1 rings (SSSR count). The van der Waals surface area contributed by atoms with Gasteiger partial charge in [0, 0.05) is 6.20 Å². The summed E-state index contributed by atoms with van der Waals surface area (Å²) in [5.74, 6) is -0.642. The maximum Gasteiger partial charge on any atom is 0.435 e. The summed E-state index contributed by atoms with van der Waals surface area (Å²) in [4.78, 5) is 11.2. The summed E-state index contributed by atoms with van der Waals surface area (Å²) in [6.45, 7) is 5.10. The first-order chi connectivity index (χ1) is 7.84. The third-order valence-electron chi connectivity index (χ3n) is 1.85. The molecule has 1 aromatic heterocycles. The first kappa shape index (κ1) is 13.3. The van der Waals surface area contributed by atoms with E-state index in [1.807, 2.05) is 0 Å². The molecule has 0 aromatic carbocycles. The zero-order chi connectivity index (χ0) is 13.1. The fourth-order valence-electron chi connectivity index (χ4n) is 1.09. The highest BCUT2D eigenvalue weighted by atomic mass is 19.4. The molecule has 0 aliphatic carbocycles. The Balaban J connectivity index is 2.67. The van der Waals surface area contributed by atoms with Crippen LogP contribution >= 0.6 is 0 Å². The number of aromatic nitrogens is 2. The molecule has 0 amide bonds. The number of rotatable bonds is 4. The van der Waals surface area contributed by atoms with E-state index in [1.165, 1.54) is 0 Å². The molecule has 4 nitrogen and oxygen atoms in total. The molecule has 0 unspecified atom stereocenters. The van der Waals surface area contributed by atoms with Gasteiger partial charge in [-0.25, -0.2) is 4.79 Å². The summed E-state index contributed by atoms with van der Waals surface area (Å²) in [6.07, 6.45) is -3.36. The molecule has 0 N–H and O–H groups in total. The Labute approximate surface area is 95.7 Å². The molecule has 1 heterocycles. The molecule has 94 valence electrons. The van der Waals surface area contributed by atoms with Crippen LogP contribution in [0.5, 0.6) is 0 Å². The summed E-state index contributed by atoms with van der Waals surface area (Å²) < 4.78 is 42.3. The zero-order valence-electron chi connectivity index (χ0n) is 9.12. The van der Waals surface area contributed by atoms with Crippen molar-refractivity contribution in [3.05, 3.63) is 30.1 Å². The van der Waals surface area contributed by atoms with Crippen LogP contribution in [0, 0.1) is 0 Å². The highest BCUT2D eigenvalue weighted by molar-refractivity contribution is 5.87. The van der Waals surface area contributed by atoms with Gasteiger partial charge in [-0.1, -0.05) is 6.58 Å². The van der Waals surface area contributed by atoms with Crippen molar-refractivity contribution in [3.63, 3.8) is 0 Å². The molecular formula is C10H11F3N2O2. The Morgan fingerprint density at radius 1 is 1.59 bits per heavy atom. The highest BCUT2D eigenvalue weighted by Crippen LogP contribution is 2.27. The minimum atomic E-state index is -4.49. The van der Waals surface area contributed by atoms with Gasteiger partial charge in [0.2, 0.25) is 0 Å². The molecule has 0 fully saturated rings. The molecule has 17 heavy (non-hydrogen) atoms. The van der Waals surface area contributed by atoms with Crippen molar-refractivity contribution in [1.82, 2.24) is 9.78 Å². The van der Waals surface area contributed by atoms with Gasteiger partial charge in [0.1, 0.15) is 0 Å². The molecule has 0 aliphatic heterocycles. The highest BCUT2D eigenvalue weighted by Gasteiger charge is 2.33. The lowest BCUT2D eigenvalue weighted by Crippen LogP contribution is -2.14. The van der Waals surface area contributed by atoms with Crippen LogP contribution in [0.4, 0.5) is 13.2 Å². The van der Waals surface area contributed by atoms with Crippen LogP contribution < -0.4 is 0 Å². The monoisotopic (exact) mass is 248 g/mol. The number of hydrogen-bond donors (Lipinski definition) is 0. The van der Waals surface area contributed by atoms with Gasteiger partial charge in [0.05, 0.1) is 18.7 Å². The average Bonchev–Trinajstić information content (AvgIpc) is 2.66.